The first-order valence-corrected chi connectivity index (χ1v) is 12.3. The Balaban J connectivity index is 1.23. The molecule has 2 saturated heterocycles. The van der Waals surface area contributed by atoms with Gasteiger partial charge in [-0.05, 0) is 54.8 Å². The fourth-order valence-electron chi connectivity index (χ4n) is 4.83. The molecule has 5 rings (SSSR count). The number of hydrogen-bond acceptors (Lipinski definition) is 5. The van der Waals surface area contributed by atoms with Crippen molar-refractivity contribution in [3.8, 4) is 0 Å². The van der Waals surface area contributed by atoms with Crippen LogP contribution in [0.5, 0.6) is 0 Å². The Morgan fingerprint density at radius 3 is 2.65 bits per heavy atom. The van der Waals surface area contributed by atoms with E-state index in [0.29, 0.717) is 12.6 Å². The molecule has 0 spiro atoms. The number of cyclic esters (lactones) is 1. The second-order valence-electron chi connectivity index (χ2n) is 8.44. The summed E-state index contributed by atoms with van der Waals surface area (Å²) in [5, 5.41) is 0.816. The Hall–Kier alpha value is -1.73. The Bertz CT molecular complexity index is 948. The molecule has 0 saturated carbocycles. The third-order valence-corrected chi connectivity index (χ3v) is 7.97. The molecule has 1 unspecified atom stereocenters. The molecule has 5 nitrogen and oxygen atoms in total. The predicted octanol–water partition coefficient (Wildman–Crippen LogP) is 4.55. The van der Waals surface area contributed by atoms with Crippen molar-refractivity contribution in [2.75, 3.05) is 52.4 Å². The molecule has 2 fully saturated rings. The molecule has 0 aliphatic carbocycles. The molecule has 7 heteroatoms. The highest BCUT2D eigenvalue weighted by Gasteiger charge is 2.30. The Kier molecular flexibility index (Phi) is 6.41. The molecule has 1 atom stereocenters. The van der Waals surface area contributed by atoms with Crippen molar-refractivity contribution in [1.29, 1.82) is 0 Å². The number of carbonyl (C=O) groups is 1. The highest BCUT2D eigenvalue weighted by molar-refractivity contribution is 7.99. The fourth-order valence-corrected chi connectivity index (χ4v) is 6.14. The first kappa shape index (κ1) is 21.1. The lowest BCUT2D eigenvalue weighted by Crippen LogP contribution is -2.48. The summed E-state index contributed by atoms with van der Waals surface area (Å²) in [5.74, 6) is 0. The van der Waals surface area contributed by atoms with Gasteiger partial charge < -0.3 is 14.5 Å². The van der Waals surface area contributed by atoms with Gasteiger partial charge in [0.1, 0.15) is 6.61 Å². The van der Waals surface area contributed by atoms with Crippen LogP contribution in [0.15, 0.2) is 52.3 Å². The maximum Gasteiger partial charge on any atom is 0.409 e. The summed E-state index contributed by atoms with van der Waals surface area (Å²) < 4.78 is 5.02. The standard InChI is InChI=1S/C24H28ClN3O2S/c25-19-6-7-22-18(16-19)17-21(20-4-1-2-5-23(20)31-22)27-12-10-26(11-13-27)8-3-9-28-14-15-30-24(28)29/h1-2,4-7,16,21H,3,8-15,17H2. The van der Waals surface area contributed by atoms with Gasteiger partial charge in [-0.15, -0.1) is 0 Å². The largest absolute Gasteiger partial charge is 0.448 e. The van der Waals surface area contributed by atoms with Crippen LogP contribution in [0, 0.1) is 0 Å². The quantitative estimate of drug-likeness (QED) is 0.658. The number of nitrogens with zero attached hydrogens (tertiary/aromatic N) is 3. The molecule has 2 aromatic rings. The van der Waals surface area contributed by atoms with Crippen molar-refractivity contribution in [3.63, 3.8) is 0 Å². The monoisotopic (exact) mass is 457 g/mol. The van der Waals surface area contributed by atoms with Gasteiger partial charge in [0.15, 0.2) is 0 Å². The van der Waals surface area contributed by atoms with Crippen molar-refractivity contribution < 1.29 is 9.53 Å². The number of rotatable bonds is 5. The average Bonchev–Trinajstić information content (AvgIpc) is 3.11. The van der Waals surface area contributed by atoms with E-state index in [1.807, 2.05) is 22.7 Å². The summed E-state index contributed by atoms with van der Waals surface area (Å²) >= 11 is 8.20. The zero-order valence-electron chi connectivity index (χ0n) is 17.6. The molecule has 31 heavy (non-hydrogen) atoms. The Morgan fingerprint density at radius 1 is 1.00 bits per heavy atom. The zero-order chi connectivity index (χ0) is 21.2. The topological polar surface area (TPSA) is 36.0 Å². The molecule has 2 aromatic carbocycles. The summed E-state index contributed by atoms with van der Waals surface area (Å²) in [6, 6.07) is 15.5. The normalized spacial score (nSPS) is 22.0. The number of amides is 1. The predicted molar refractivity (Wildman–Crippen MR) is 124 cm³/mol. The van der Waals surface area contributed by atoms with Crippen molar-refractivity contribution in [2.24, 2.45) is 0 Å². The Morgan fingerprint density at radius 2 is 1.84 bits per heavy atom. The van der Waals surface area contributed by atoms with Crippen molar-refractivity contribution in [2.45, 2.75) is 28.7 Å². The van der Waals surface area contributed by atoms with E-state index in [2.05, 4.69) is 46.2 Å². The average molecular weight is 458 g/mol. The second-order valence-corrected chi connectivity index (χ2v) is 9.96. The Labute approximate surface area is 193 Å². The SMILES string of the molecule is O=C1OCCN1CCCN1CCN(C2Cc3cc(Cl)ccc3Sc3ccccc32)CC1. The number of carbonyl (C=O) groups excluding carboxylic acids is 1. The van der Waals surface area contributed by atoms with E-state index in [4.69, 9.17) is 16.3 Å². The third-order valence-electron chi connectivity index (χ3n) is 6.53. The molecule has 0 radical (unpaired) electrons. The first-order valence-electron chi connectivity index (χ1n) is 11.1. The van der Waals surface area contributed by atoms with Crippen LogP contribution in [-0.4, -0.2) is 73.2 Å². The highest BCUT2D eigenvalue weighted by Crippen LogP contribution is 2.43. The van der Waals surface area contributed by atoms with Gasteiger partial charge in [0.05, 0.1) is 6.54 Å². The van der Waals surface area contributed by atoms with E-state index in [1.165, 1.54) is 20.9 Å². The van der Waals surface area contributed by atoms with E-state index < -0.39 is 0 Å². The van der Waals surface area contributed by atoms with Crippen LogP contribution in [0.1, 0.15) is 23.6 Å². The second kappa shape index (κ2) is 9.41. The summed E-state index contributed by atoms with van der Waals surface area (Å²) in [4.78, 5) is 21.2. The van der Waals surface area contributed by atoms with E-state index in [-0.39, 0.29) is 6.09 Å². The van der Waals surface area contributed by atoms with Crippen LogP contribution in [-0.2, 0) is 11.2 Å². The van der Waals surface area contributed by atoms with Crippen molar-refractivity contribution in [3.05, 3.63) is 58.6 Å². The number of benzene rings is 2. The number of piperazine rings is 1. The maximum absolute atomic E-state index is 11.6. The minimum atomic E-state index is -0.157. The van der Waals surface area contributed by atoms with Gasteiger partial charge in [0.2, 0.25) is 0 Å². The zero-order valence-corrected chi connectivity index (χ0v) is 19.2. The number of hydrogen-bond donors (Lipinski definition) is 0. The summed E-state index contributed by atoms with van der Waals surface area (Å²) in [6.07, 6.45) is 1.84. The number of halogens is 1. The third kappa shape index (κ3) is 4.72. The lowest BCUT2D eigenvalue weighted by Gasteiger charge is -2.39. The molecule has 1 amide bonds. The number of fused-ring (bicyclic) bond motifs is 2. The van der Waals surface area contributed by atoms with E-state index in [9.17, 15) is 4.79 Å². The van der Waals surface area contributed by atoms with Gasteiger partial charge in [-0.1, -0.05) is 41.6 Å². The highest BCUT2D eigenvalue weighted by atomic mass is 35.5. The summed E-state index contributed by atoms with van der Waals surface area (Å²) in [6.45, 7) is 7.36. The van der Waals surface area contributed by atoms with Gasteiger partial charge >= 0.3 is 6.09 Å². The van der Waals surface area contributed by atoms with E-state index in [1.54, 1.807) is 0 Å². The van der Waals surface area contributed by atoms with Crippen LogP contribution >= 0.6 is 23.4 Å². The van der Waals surface area contributed by atoms with Crippen molar-refractivity contribution >= 4 is 29.5 Å². The van der Waals surface area contributed by atoms with Crippen molar-refractivity contribution in [1.82, 2.24) is 14.7 Å². The van der Waals surface area contributed by atoms with Gasteiger partial charge in [-0.3, -0.25) is 4.90 Å². The van der Waals surface area contributed by atoms with E-state index >= 15 is 0 Å². The molecule has 3 aliphatic heterocycles. The molecule has 0 N–H and O–H groups in total. The van der Waals surface area contributed by atoms with Gasteiger partial charge in [0.25, 0.3) is 0 Å². The summed E-state index contributed by atoms with van der Waals surface area (Å²) in [7, 11) is 0. The minimum Gasteiger partial charge on any atom is -0.448 e. The van der Waals surface area contributed by atoms with Crippen LogP contribution < -0.4 is 0 Å². The molecular weight excluding hydrogens is 430 g/mol. The minimum absolute atomic E-state index is 0.157. The smallest absolute Gasteiger partial charge is 0.409 e. The maximum atomic E-state index is 11.6. The molecule has 3 heterocycles. The fraction of sp³-hybridized carbons (Fsp3) is 0.458. The van der Waals surface area contributed by atoms with Gasteiger partial charge in [0, 0.05) is 53.6 Å². The lowest BCUT2D eigenvalue weighted by atomic mass is 9.96. The van der Waals surface area contributed by atoms with Gasteiger partial charge in [-0.25, -0.2) is 4.79 Å². The van der Waals surface area contributed by atoms with Gasteiger partial charge in [-0.2, -0.15) is 0 Å². The molecule has 164 valence electrons. The number of ether oxygens (including phenoxy) is 1. The molecule has 0 aromatic heterocycles. The van der Waals surface area contributed by atoms with Crippen LogP contribution in [0.3, 0.4) is 0 Å². The first-order chi connectivity index (χ1) is 15.2. The van der Waals surface area contributed by atoms with Crippen LogP contribution in [0.25, 0.3) is 0 Å². The summed E-state index contributed by atoms with van der Waals surface area (Å²) in [5.41, 5.74) is 2.78. The molecular formula is C24H28ClN3O2S. The molecule has 0 bridgehead atoms. The lowest BCUT2D eigenvalue weighted by molar-refractivity contribution is 0.0919. The van der Waals surface area contributed by atoms with Crippen LogP contribution in [0.2, 0.25) is 5.02 Å². The van der Waals surface area contributed by atoms with Crippen LogP contribution in [0.4, 0.5) is 4.79 Å². The van der Waals surface area contributed by atoms with E-state index in [0.717, 1.165) is 63.7 Å². The molecule has 3 aliphatic rings.